The highest BCUT2D eigenvalue weighted by molar-refractivity contribution is 5.40. The summed E-state index contributed by atoms with van der Waals surface area (Å²) in [6.07, 6.45) is 2.23. The topological polar surface area (TPSA) is 39.7 Å². The van der Waals surface area contributed by atoms with E-state index in [0.29, 0.717) is 6.04 Å². The largest absolute Gasteiger partial charge is 0.497 e. The van der Waals surface area contributed by atoms with Gasteiger partial charge in [0.2, 0.25) is 0 Å². The van der Waals surface area contributed by atoms with Crippen LogP contribution >= 0.6 is 0 Å². The molecule has 0 aliphatic carbocycles. The Labute approximate surface area is 116 Å². The van der Waals surface area contributed by atoms with E-state index in [4.69, 9.17) is 14.2 Å². The smallest absolute Gasteiger partial charge is 0.123 e. The molecule has 1 aromatic carbocycles. The molecule has 0 aliphatic rings. The van der Waals surface area contributed by atoms with Crippen LogP contribution in [-0.4, -0.2) is 34.0 Å². The van der Waals surface area contributed by atoms with Crippen LogP contribution < -0.4 is 14.8 Å². The first-order valence-corrected chi connectivity index (χ1v) is 6.68. The molecule has 1 N–H and O–H groups in total. The highest BCUT2D eigenvalue weighted by Gasteiger charge is 2.10. The number of methoxy groups -OCH3 is 3. The number of ether oxygens (including phenoxy) is 3. The van der Waals surface area contributed by atoms with Crippen LogP contribution in [0.25, 0.3) is 0 Å². The molecular weight excluding hydrogens is 242 g/mol. The molecule has 1 unspecified atom stereocenters. The number of nitrogens with one attached hydrogen (secondary N) is 1. The van der Waals surface area contributed by atoms with Gasteiger partial charge in [0, 0.05) is 25.3 Å². The molecule has 0 heterocycles. The molecule has 19 heavy (non-hydrogen) atoms. The standard InChI is InChI=1S/C15H25NO3/c1-5-6-13(11-17-2)16-10-12-9-14(18-3)7-8-15(12)19-4/h7-9,13,16H,5-6,10-11H2,1-4H3. The quantitative estimate of drug-likeness (QED) is 0.746. The molecule has 0 bridgehead atoms. The lowest BCUT2D eigenvalue weighted by Crippen LogP contribution is -2.32. The van der Waals surface area contributed by atoms with E-state index >= 15 is 0 Å². The van der Waals surface area contributed by atoms with Gasteiger partial charge in [-0.1, -0.05) is 13.3 Å². The minimum absolute atomic E-state index is 0.367. The Kier molecular flexibility index (Phi) is 7.30. The van der Waals surface area contributed by atoms with Crippen molar-refractivity contribution in [1.29, 1.82) is 0 Å². The predicted octanol–water partition coefficient (Wildman–Crippen LogP) is 2.61. The van der Waals surface area contributed by atoms with Crippen molar-refractivity contribution in [3.8, 4) is 11.5 Å². The number of hydrogen-bond acceptors (Lipinski definition) is 4. The Morgan fingerprint density at radius 1 is 1.16 bits per heavy atom. The monoisotopic (exact) mass is 267 g/mol. The molecule has 4 heteroatoms. The summed E-state index contributed by atoms with van der Waals surface area (Å²) in [6, 6.07) is 6.20. The molecule has 1 rings (SSSR count). The van der Waals surface area contributed by atoms with E-state index in [1.807, 2.05) is 18.2 Å². The first kappa shape index (κ1) is 15.8. The van der Waals surface area contributed by atoms with E-state index in [-0.39, 0.29) is 0 Å². The lowest BCUT2D eigenvalue weighted by molar-refractivity contribution is 0.161. The normalized spacial score (nSPS) is 12.2. The zero-order chi connectivity index (χ0) is 14.1. The van der Waals surface area contributed by atoms with Crippen molar-refractivity contribution >= 4 is 0 Å². The van der Waals surface area contributed by atoms with Gasteiger partial charge in [0.25, 0.3) is 0 Å². The first-order valence-electron chi connectivity index (χ1n) is 6.68. The fraction of sp³-hybridized carbons (Fsp3) is 0.600. The summed E-state index contributed by atoms with van der Waals surface area (Å²) in [7, 11) is 5.09. The lowest BCUT2D eigenvalue weighted by atomic mass is 10.1. The highest BCUT2D eigenvalue weighted by Crippen LogP contribution is 2.23. The summed E-state index contributed by atoms with van der Waals surface area (Å²) in [5, 5.41) is 3.50. The van der Waals surface area contributed by atoms with Gasteiger partial charge >= 0.3 is 0 Å². The second kappa shape index (κ2) is 8.77. The van der Waals surface area contributed by atoms with Crippen molar-refractivity contribution in [2.45, 2.75) is 32.4 Å². The molecule has 0 aromatic heterocycles. The molecule has 108 valence electrons. The minimum Gasteiger partial charge on any atom is -0.497 e. The summed E-state index contributed by atoms with van der Waals surface area (Å²) in [5.74, 6) is 1.72. The van der Waals surface area contributed by atoms with Crippen LogP contribution in [0, 0.1) is 0 Å². The Hall–Kier alpha value is -1.26. The van der Waals surface area contributed by atoms with E-state index in [1.54, 1.807) is 21.3 Å². The molecule has 0 amide bonds. The Morgan fingerprint density at radius 2 is 1.95 bits per heavy atom. The Morgan fingerprint density at radius 3 is 2.53 bits per heavy atom. The maximum Gasteiger partial charge on any atom is 0.123 e. The summed E-state index contributed by atoms with van der Waals surface area (Å²) in [6.45, 7) is 3.64. The summed E-state index contributed by atoms with van der Waals surface area (Å²) in [5.41, 5.74) is 1.10. The van der Waals surface area contributed by atoms with Gasteiger partial charge in [-0.2, -0.15) is 0 Å². The molecule has 0 saturated carbocycles. The molecule has 0 spiro atoms. The van der Waals surface area contributed by atoms with Crippen LogP contribution in [0.4, 0.5) is 0 Å². The molecule has 0 saturated heterocycles. The van der Waals surface area contributed by atoms with Crippen LogP contribution in [-0.2, 0) is 11.3 Å². The van der Waals surface area contributed by atoms with Gasteiger partial charge in [-0.05, 0) is 24.6 Å². The average molecular weight is 267 g/mol. The van der Waals surface area contributed by atoms with Crippen molar-refractivity contribution in [2.75, 3.05) is 27.9 Å². The maximum atomic E-state index is 5.37. The Balaban J connectivity index is 2.68. The van der Waals surface area contributed by atoms with Gasteiger partial charge in [0.15, 0.2) is 0 Å². The molecule has 0 fully saturated rings. The SMILES string of the molecule is CCCC(COC)NCc1cc(OC)ccc1OC. The second-order valence-corrected chi connectivity index (χ2v) is 4.50. The summed E-state index contributed by atoms with van der Waals surface area (Å²) in [4.78, 5) is 0. The van der Waals surface area contributed by atoms with Crippen LogP contribution in [0.3, 0.4) is 0 Å². The van der Waals surface area contributed by atoms with Gasteiger partial charge in [-0.25, -0.2) is 0 Å². The second-order valence-electron chi connectivity index (χ2n) is 4.50. The molecule has 4 nitrogen and oxygen atoms in total. The van der Waals surface area contributed by atoms with E-state index in [9.17, 15) is 0 Å². The van der Waals surface area contributed by atoms with Crippen LogP contribution in [0.1, 0.15) is 25.3 Å². The van der Waals surface area contributed by atoms with Gasteiger partial charge < -0.3 is 19.5 Å². The predicted molar refractivity (Wildman–Crippen MR) is 77.0 cm³/mol. The van der Waals surface area contributed by atoms with Crippen molar-refractivity contribution in [2.24, 2.45) is 0 Å². The Bertz CT molecular complexity index is 362. The zero-order valence-electron chi connectivity index (χ0n) is 12.4. The zero-order valence-corrected chi connectivity index (χ0v) is 12.4. The third-order valence-electron chi connectivity index (χ3n) is 3.07. The van der Waals surface area contributed by atoms with Gasteiger partial charge in [-0.15, -0.1) is 0 Å². The molecule has 1 aromatic rings. The third kappa shape index (κ3) is 5.09. The molecule has 0 radical (unpaired) electrons. The molecular formula is C15H25NO3. The van der Waals surface area contributed by atoms with E-state index in [2.05, 4.69) is 12.2 Å². The van der Waals surface area contributed by atoms with Crippen LogP contribution in [0.2, 0.25) is 0 Å². The van der Waals surface area contributed by atoms with E-state index < -0.39 is 0 Å². The minimum atomic E-state index is 0.367. The fourth-order valence-electron chi connectivity index (χ4n) is 2.07. The average Bonchev–Trinajstić information content (AvgIpc) is 2.44. The molecule has 0 aliphatic heterocycles. The number of hydrogen-bond donors (Lipinski definition) is 1. The van der Waals surface area contributed by atoms with Gasteiger partial charge in [-0.3, -0.25) is 0 Å². The van der Waals surface area contributed by atoms with Crippen molar-refractivity contribution in [3.63, 3.8) is 0 Å². The van der Waals surface area contributed by atoms with Gasteiger partial charge in [0.05, 0.1) is 20.8 Å². The number of rotatable bonds is 9. The van der Waals surface area contributed by atoms with Crippen molar-refractivity contribution in [3.05, 3.63) is 23.8 Å². The fourth-order valence-corrected chi connectivity index (χ4v) is 2.07. The van der Waals surface area contributed by atoms with E-state index in [0.717, 1.165) is 43.1 Å². The van der Waals surface area contributed by atoms with Crippen molar-refractivity contribution in [1.82, 2.24) is 5.32 Å². The highest BCUT2D eigenvalue weighted by atomic mass is 16.5. The summed E-state index contributed by atoms with van der Waals surface area (Å²) >= 11 is 0. The number of benzene rings is 1. The van der Waals surface area contributed by atoms with E-state index in [1.165, 1.54) is 0 Å². The van der Waals surface area contributed by atoms with Crippen LogP contribution in [0.5, 0.6) is 11.5 Å². The van der Waals surface area contributed by atoms with Gasteiger partial charge in [0.1, 0.15) is 11.5 Å². The van der Waals surface area contributed by atoms with Crippen LogP contribution in [0.15, 0.2) is 18.2 Å². The molecule has 1 atom stereocenters. The van der Waals surface area contributed by atoms with Crippen molar-refractivity contribution < 1.29 is 14.2 Å². The lowest BCUT2D eigenvalue weighted by Gasteiger charge is -2.18. The maximum absolute atomic E-state index is 5.37. The summed E-state index contributed by atoms with van der Waals surface area (Å²) < 4.78 is 15.8. The third-order valence-corrected chi connectivity index (χ3v) is 3.07. The first-order chi connectivity index (χ1) is 9.24.